The SMILES string of the molecule is O=C(COc1cccc(Br)c1)N/N=C/c1ccc(-c2cc(C(=O)[O-])ccc2Cl)o1. The van der Waals surface area contributed by atoms with Crippen LogP contribution in [0.15, 0.2) is 68.6 Å². The predicted molar refractivity (Wildman–Crippen MR) is 109 cm³/mol. The van der Waals surface area contributed by atoms with Gasteiger partial charge in [-0.25, -0.2) is 5.43 Å². The van der Waals surface area contributed by atoms with Crippen molar-refractivity contribution < 1.29 is 23.8 Å². The smallest absolute Gasteiger partial charge is 0.277 e. The average molecular weight is 477 g/mol. The van der Waals surface area contributed by atoms with Gasteiger partial charge in [0, 0.05) is 10.0 Å². The van der Waals surface area contributed by atoms with E-state index in [1.54, 1.807) is 30.3 Å². The third-order valence-electron chi connectivity index (χ3n) is 3.64. The van der Waals surface area contributed by atoms with Crippen LogP contribution in [0.25, 0.3) is 11.3 Å². The molecule has 0 saturated heterocycles. The number of halogens is 2. The van der Waals surface area contributed by atoms with Crippen molar-refractivity contribution in [3.8, 4) is 17.1 Å². The van der Waals surface area contributed by atoms with Crippen LogP contribution in [-0.2, 0) is 4.79 Å². The number of carbonyl (C=O) groups excluding carboxylic acids is 2. The number of carboxylic acids is 1. The van der Waals surface area contributed by atoms with E-state index in [0.717, 1.165) is 4.47 Å². The van der Waals surface area contributed by atoms with Gasteiger partial charge in [0.15, 0.2) is 6.61 Å². The fourth-order valence-corrected chi connectivity index (χ4v) is 2.90. The molecule has 0 radical (unpaired) electrons. The Labute approximate surface area is 179 Å². The number of hydrogen-bond acceptors (Lipinski definition) is 6. The maximum Gasteiger partial charge on any atom is 0.277 e. The van der Waals surface area contributed by atoms with Gasteiger partial charge in [-0.2, -0.15) is 5.10 Å². The Bertz CT molecular complexity index is 1080. The van der Waals surface area contributed by atoms with Gasteiger partial charge in [-0.05, 0) is 48.0 Å². The van der Waals surface area contributed by atoms with E-state index in [4.69, 9.17) is 20.8 Å². The second-order valence-electron chi connectivity index (χ2n) is 5.72. The van der Waals surface area contributed by atoms with Gasteiger partial charge < -0.3 is 19.1 Å². The molecule has 7 nitrogen and oxygen atoms in total. The van der Waals surface area contributed by atoms with Crippen molar-refractivity contribution in [2.45, 2.75) is 0 Å². The third-order valence-corrected chi connectivity index (χ3v) is 4.46. The molecule has 1 aromatic heterocycles. The summed E-state index contributed by atoms with van der Waals surface area (Å²) >= 11 is 9.42. The number of nitrogens with one attached hydrogen (secondary N) is 1. The van der Waals surface area contributed by atoms with E-state index >= 15 is 0 Å². The van der Waals surface area contributed by atoms with Crippen LogP contribution in [0.3, 0.4) is 0 Å². The fourth-order valence-electron chi connectivity index (χ4n) is 2.31. The molecule has 1 N–H and O–H groups in total. The molecule has 9 heteroatoms. The molecule has 1 amide bonds. The quantitative estimate of drug-likeness (QED) is 0.416. The van der Waals surface area contributed by atoms with Crippen LogP contribution in [0.1, 0.15) is 16.1 Å². The Balaban J connectivity index is 1.58. The van der Waals surface area contributed by atoms with Gasteiger partial charge in [-0.3, -0.25) is 4.79 Å². The van der Waals surface area contributed by atoms with Crippen molar-refractivity contribution >= 4 is 45.6 Å². The van der Waals surface area contributed by atoms with Gasteiger partial charge in [0.05, 0.1) is 17.2 Å². The number of amides is 1. The number of rotatable bonds is 7. The first-order valence-electron chi connectivity index (χ1n) is 8.24. The monoisotopic (exact) mass is 475 g/mol. The molecule has 29 heavy (non-hydrogen) atoms. The summed E-state index contributed by atoms with van der Waals surface area (Å²) in [5, 5.41) is 15.1. The van der Waals surface area contributed by atoms with Gasteiger partial charge in [0.25, 0.3) is 5.91 Å². The number of carboxylic acid groups (broad SMARTS) is 1. The summed E-state index contributed by atoms with van der Waals surface area (Å²) in [5.74, 6) is -0.529. The van der Waals surface area contributed by atoms with E-state index < -0.39 is 11.9 Å². The molecule has 0 bridgehead atoms. The van der Waals surface area contributed by atoms with Crippen molar-refractivity contribution in [2.24, 2.45) is 5.10 Å². The van der Waals surface area contributed by atoms with E-state index in [1.165, 1.54) is 24.4 Å². The Morgan fingerprint density at radius 3 is 2.79 bits per heavy atom. The minimum atomic E-state index is -1.32. The second-order valence-corrected chi connectivity index (χ2v) is 7.05. The minimum absolute atomic E-state index is 0.0197. The standard InChI is InChI=1S/C20H14BrClN2O5/c21-13-2-1-3-14(9-13)28-11-19(25)24-23-10-15-5-7-18(29-15)16-8-12(20(26)27)4-6-17(16)22/h1-10H,11H2,(H,24,25)(H,26,27)/p-1/b23-10+. The molecule has 0 unspecified atom stereocenters. The average Bonchev–Trinajstić information content (AvgIpc) is 3.15. The molecular weight excluding hydrogens is 464 g/mol. The molecule has 0 atom stereocenters. The van der Waals surface area contributed by atoms with Crippen molar-refractivity contribution in [3.05, 3.63) is 75.4 Å². The van der Waals surface area contributed by atoms with Crippen molar-refractivity contribution in [1.29, 1.82) is 0 Å². The number of hydrazone groups is 1. The summed E-state index contributed by atoms with van der Waals surface area (Å²) in [5.41, 5.74) is 2.70. The fraction of sp³-hybridized carbons (Fsp3) is 0.0500. The minimum Gasteiger partial charge on any atom is -0.545 e. The Kier molecular flexibility index (Phi) is 6.69. The van der Waals surface area contributed by atoms with Gasteiger partial charge in [0.1, 0.15) is 17.3 Å². The highest BCUT2D eigenvalue weighted by molar-refractivity contribution is 9.10. The zero-order valence-corrected chi connectivity index (χ0v) is 17.1. The molecule has 0 aliphatic carbocycles. The van der Waals surface area contributed by atoms with Crippen molar-refractivity contribution in [2.75, 3.05) is 6.61 Å². The van der Waals surface area contributed by atoms with Gasteiger partial charge in [0.2, 0.25) is 0 Å². The molecule has 3 rings (SSSR count). The zero-order valence-electron chi connectivity index (χ0n) is 14.7. The summed E-state index contributed by atoms with van der Waals surface area (Å²) < 4.78 is 11.8. The normalized spacial score (nSPS) is 10.8. The summed E-state index contributed by atoms with van der Waals surface area (Å²) in [6.45, 7) is -0.206. The highest BCUT2D eigenvalue weighted by Gasteiger charge is 2.10. The Morgan fingerprint density at radius 2 is 2.03 bits per heavy atom. The zero-order chi connectivity index (χ0) is 20.8. The summed E-state index contributed by atoms with van der Waals surface area (Å²) in [7, 11) is 0. The molecule has 2 aromatic carbocycles. The van der Waals surface area contributed by atoms with Gasteiger partial charge >= 0.3 is 0 Å². The predicted octanol–water partition coefficient (Wildman–Crippen LogP) is 3.26. The topological polar surface area (TPSA) is 104 Å². The number of benzene rings is 2. The third kappa shape index (κ3) is 5.69. The molecule has 1 heterocycles. The second kappa shape index (κ2) is 9.40. The van der Waals surface area contributed by atoms with Crippen LogP contribution in [0.4, 0.5) is 0 Å². The van der Waals surface area contributed by atoms with Gasteiger partial charge in [-0.15, -0.1) is 0 Å². The molecule has 0 spiro atoms. The molecule has 0 saturated carbocycles. The van der Waals surface area contributed by atoms with E-state index in [2.05, 4.69) is 26.5 Å². The van der Waals surface area contributed by atoms with Crippen LogP contribution in [0.5, 0.6) is 5.75 Å². The summed E-state index contributed by atoms with van der Waals surface area (Å²) in [4.78, 5) is 22.8. The lowest BCUT2D eigenvalue weighted by atomic mass is 10.1. The van der Waals surface area contributed by atoms with Crippen molar-refractivity contribution in [1.82, 2.24) is 5.43 Å². The first-order chi connectivity index (χ1) is 13.9. The molecule has 148 valence electrons. The van der Waals surface area contributed by atoms with Crippen LogP contribution in [0.2, 0.25) is 5.02 Å². The van der Waals surface area contributed by atoms with Crippen molar-refractivity contribution in [3.63, 3.8) is 0 Å². The molecule has 0 aliphatic rings. The maximum atomic E-state index is 11.8. The first-order valence-corrected chi connectivity index (χ1v) is 9.41. The van der Waals surface area contributed by atoms with Crippen LogP contribution >= 0.6 is 27.5 Å². The number of nitrogens with zero attached hydrogens (tertiary/aromatic N) is 1. The maximum absolute atomic E-state index is 11.8. The first kappa shape index (κ1) is 20.6. The Morgan fingerprint density at radius 1 is 1.21 bits per heavy atom. The van der Waals surface area contributed by atoms with Crippen LogP contribution in [-0.4, -0.2) is 24.7 Å². The van der Waals surface area contributed by atoms with Gasteiger partial charge in [-0.1, -0.05) is 39.7 Å². The number of hydrogen-bond donors (Lipinski definition) is 1. The summed E-state index contributed by atoms with van der Waals surface area (Å²) in [6.07, 6.45) is 1.30. The molecule has 3 aromatic rings. The molecule has 0 aliphatic heterocycles. The van der Waals surface area contributed by atoms with E-state index in [0.29, 0.717) is 27.9 Å². The van der Waals surface area contributed by atoms with Crippen LogP contribution in [0, 0.1) is 0 Å². The van der Waals surface area contributed by atoms with E-state index in [1.807, 2.05) is 6.07 Å². The Hall–Kier alpha value is -3.10. The highest BCUT2D eigenvalue weighted by Crippen LogP contribution is 2.30. The number of carbonyl (C=O) groups is 2. The lowest BCUT2D eigenvalue weighted by molar-refractivity contribution is -0.255. The molecule has 0 fully saturated rings. The number of aromatic carboxylic acids is 1. The van der Waals surface area contributed by atoms with E-state index in [-0.39, 0.29) is 12.2 Å². The number of furan rings is 1. The van der Waals surface area contributed by atoms with Crippen LogP contribution < -0.4 is 15.3 Å². The highest BCUT2D eigenvalue weighted by atomic mass is 79.9. The molecular formula is C20H13BrClN2O5-. The largest absolute Gasteiger partial charge is 0.545 e. The number of ether oxygens (including phenoxy) is 1. The summed E-state index contributed by atoms with van der Waals surface area (Å²) in [6, 6.07) is 14.5. The lowest BCUT2D eigenvalue weighted by Crippen LogP contribution is -2.24. The van der Waals surface area contributed by atoms with E-state index in [9.17, 15) is 14.7 Å². The lowest BCUT2D eigenvalue weighted by Gasteiger charge is -2.06.